The molecule has 0 radical (unpaired) electrons. The van der Waals surface area contributed by atoms with Gasteiger partial charge in [0.2, 0.25) is 0 Å². The first-order valence-electron chi connectivity index (χ1n) is 9.01. The molecule has 0 bridgehead atoms. The molecule has 5 N–H and O–H groups in total. The third-order valence-electron chi connectivity index (χ3n) is 3.83. The van der Waals surface area contributed by atoms with Crippen LogP contribution in [0.15, 0.2) is 0 Å². The summed E-state index contributed by atoms with van der Waals surface area (Å²) in [6.07, 6.45) is 18.9. The molecule has 0 saturated heterocycles. The quantitative estimate of drug-likeness (QED) is 0.267. The predicted molar refractivity (Wildman–Crippen MR) is 99.7 cm³/mol. The topological polar surface area (TPSA) is 110 Å². The van der Waals surface area contributed by atoms with Crippen LogP contribution in [0.4, 0.5) is 0 Å². The van der Waals surface area contributed by atoms with Crippen LogP contribution in [0.3, 0.4) is 0 Å². The molecule has 1 unspecified atom stereocenters. The molecular weight excluding hydrogens is 314 g/mol. The lowest BCUT2D eigenvalue weighted by molar-refractivity contribution is 0.381. The average molecular weight is 356 g/mol. The highest BCUT2D eigenvalue weighted by atomic mass is 32.3. The molecule has 1 atom stereocenters. The van der Waals surface area contributed by atoms with E-state index in [0.29, 0.717) is 0 Å². The second-order valence-electron chi connectivity index (χ2n) is 6.31. The molecular formula is C17H41NO4S. The first-order chi connectivity index (χ1) is 10.3. The molecule has 0 aliphatic carbocycles. The Labute approximate surface area is 144 Å². The normalized spacial score (nSPS) is 12.0. The number of hydrogen-bond acceptors (Lipinski definition) is 3. The van der Waals surface area contributed by atoms with Crippen molar-refractivity contribution in [2.45, 2.75) is 104 Å². The standard InChI is InChI=1S/C17H36.H3N.H2O4S/c1-4-6-7-8-9-10-11-12-13-14-16-17(3)15-5-2;;1-5(2,3)4/h17H,4-16H2,1-3H3;1H3;(H2,1,2,3,4). The zero-order chi connectivity index (χ0) is 17.3. The maximum Gasteiger partial charge on any atom is 0.394 e. The summed E-state index contributed by atoms with van der Waals surface area (Å²) in [6.45, 7) is 7.01. The molecule has 0 rings (SSSR count). The van der Waals surface area contributed by atoms with Crippen molar-refractivity contribution < 1.29 is 17.5 Å². The first-order valence-corrected chi connectivity index (χ1v) is 10.4. The zero-order valence-corrected chi connectivity index (χ0v) is 16.4. The molecule has 0 amide bonds. The van der Waals surface area contributed by atoms with E-state index in [1.807, 2.05) is 0 Å². The summed E-state index contributed by atoms with van der Waals surface area (Å²) < 4.78 is 31.6. The fraction of sp³-hybridized carbons (Fsp3) is 1.00. The Kier molecular flexibility index (Phi) is 23.9. The molecule has 5 nitrogen and oxygen atoms in total. The van der Waals surface area contributed by atoms with Gasteiger partial charge < -0.3 is 6.15 Å². The van der Waals surface area contributed by atoms with E-state index in [2.05, 4.69) is 20.8 Å². The van der Waals surface area contributed by atoms with Gasteiger partial charge in [-0.3, -0.25) is 9.11 Å². The predicted octanol–water partition coefficient (Wildman–Crippen LogP) is 6.24. The van der Waals surface area contributed by atoms with Crippen LogP contribution in [0, 0.1) is 5.92 Å². The van der Waals surface area contributed by atoms with E-state index in [9.17, 15) is 0 Å². The maximum atomic E-state index is 8.74. The smallest absolute Gasteiger partial charge is 0.344 e. The summed E-state index contributed by atoms with van der Waals surface area (Å²) in [4.78, 5) is 0. The second kappa shape index (κ2) is 19.9. The fourth-order valence-electron chi connectivity index (χ4n) is 2.62. The van der Waals surface area contributed by atoms with Gasteiger partial charge in [0.25, 0.3) is 0 Å². The van der Waals surface area contributed by atoms with E-state index in [1.165, 1.54) is 83.5 Å². The Morgan fingerprint density at radius 1 is 0.696 bits per heavy atom. The van der Waals surface area contributed by atoms with Crippen molar-refractivity contribution in [3.8, 4) is 0 Å². The molecule has 23 heavy (non-hydrogen) atoms. The van der Waals surface area contributed by atoms with Crippen molar-refractivity contribution in [2.75, 3.05) is 0 Å². The molecule has 0 saturated carbocycles. The third-order valence-corrected chi connectivity index (χ3v) is 3.83. The van der Waals surface area contributed by atoms with E-state index in [1.54, 1.807) is 0 Å². The SMILES string of the molecule is CCCCCCCCCCCCC(C)CCC.N.O=S(=O)(O)O. The highest BCUT2D eigenvalue weighted by molar-refractivity contribution is 7.79. The van der Waals surface area contributed by atoms with Gasteiger partial charge in [0.05, 0.1) is 0 Å². The lowest BCUT2D eigenvalue weighted by Crippen LogP contribution is -1.93. The van der Waals surface area contributed by atoms with Crippen LogP contribution < -0.4 is 6.15 Å². The van der Waals surface area contributed by atoms with Crippen molar-refractivity contribution in [2.24, 2.45) is 5.92 Å². The van der Waals surface area contributed by atoms with E-state index >= 15 is 0 Å². The van der Waals surface area contributed by atoms with Gasteiger partial charge in [-0.1, -0.05) is 104 Å². The molecule has 6 heteroatoms. The summed E-state index contributed by atoms with van der Waals surface area (Å²) in [6, 6.07) is 0. The number of rotatable bonds is 13. The van der Waals surface area contributed by atoms with Crippen LogP contribution in [0.1, 0.15) is 104 Å². The van der Waals surface area contributed by atoms with Gasteiger partial charge in [0, 0.05) is 0 Å². The molecule has 0 aliphatic heterocycles. The van der Waals surface area contributed by atoms with E-state index in [0.717, 1.165) is 5.92 Å². The van der Waals surface area contributed by atoms with Gasteiger partial charge in [-0.2, -0.15) is 8.42 Å². The third kappa shape index (κ3) is 39.0. The van der Waals surface area contributed by atoms with Crippen LogP contribution in [0.25, 0.3) is 0 Å². The van der Waals surface area contributed by atoms with Gasteiger partial charge in [-0.15, -0.1) is 0 Å². The molecule has 0 spiro atoms. The fourth-order valence-corrected chi connectivity index (χ4v) is 2.62. The van der Waals surface area contributed by atoms with Crippen molar-refractivity contribution in [3.63, 3.8) is 0 Å². The highest BCUT2D eigenvalue weighted by Gasteiger charge is 1.99. The monoisotopic (exact) mass is 355 g/mol. The second-order valence-corrected chi connectivity index (χ2v) is 7.21. The molecule has 0 aromatic heterocycles. The van der Waals surface area contributed by atoms with Crippen molar-refractivity contribution >= 4 is 10.4 Å². The Bertz CT molecular complexity index is 300. The Morgan fingerprint density at radius 3 is 1.39 bits per heavy atom. The Balaban J connectivity index is -0.000000578. The van der Waals surface area contributed by atoms with Crippen LogP contribution >= 0.6 is 0 Å². The van der Waals surface area contributed by atoms with E-state index in [4.69, 9.17) is 17.5 Å². The lowest BCUT2D eigenvalue weighted by Gasteiger charge is -2.09. The van der Waals surface area contributed by atoms with Crippen molar-refractivity contribution in [3.05, 3.63) is 0 Å². The minimum atomic E-state index is -4.67. The van der Waals surface area contributed by atoms with Crippen LogP contribution in [0.5, 0.6) is 0 Å². The summed E-state index contributed by atoms with van der Waals surface area (Å²) in [7, 11) is -4.67. The first kappa shape index (κ1) is 27.7. The number of unbranched alkanes of at least 4 members (excludes halogenated alkanes) is 9. The molecule has 0 heterocycles. The highest BCUT2D eigenvalue weighted by Crippen LogP contribution is 2.16. The van der Waals surface area contributed by atoms with E-state index in [-0.39, 0.29) is 6.15 Å². The minimum Gasteiger partial charge on any atom is -0.344 e. The van der Waals surface area contributed by atoms with Gasteiger partial charge >= 0.3 is 10.4 Å². The zero-order valence-electron chi connectivity index (χ0n) is 15.6. The maximum absolute atomic E-state index is 8.74. The van der Waals surface area contributed by atoms with Gasteiger partial charge in [-0.25, -0.2) is 0 Å². The summed E-state index contributed by atoms with van der Waals surface area (Å²) in [5.74, 6) is 0.967. The molecule has 0 aromatic carbocycles. The molecule has 144 valence electrons. The Morgan fingerprint density at radius 2 is 1.04 bits per heavy atom. The minimum absolute atomic E-state index is 0. The largest absolute Gasteiger partial charge is 0.394 e. The molecule has 0 aliphatic rings. The average Bonchev–Trinajstić information content (AvgIpc) is 2.39. The number of hydrogen-bond donors (Lipinski definition) is 3. The van der Waals surface area contributed by atoms with Crippen molar-refractivity contribution in [1.82, 2.24) is 6.15 Å². The van der Waals surface area contributed by atoms with Crippen LogP contribution in [-0.2, 0) is 10.4 Å². The summed E-state index contributed by atoms with van der Waals surface area (Å²) in [5.41, 5.74) is 0. The summed E-state index contributed by atoms with van der Waals surface area (Å²) >= 11 is 0. The molecule has 0 aromatic rings. The van der Waals surface area contributed by atoms with Gasteiger partial charge in [-0.05, 0) is 5.92 Å². The van der Waals surface area contributed by atoms with Gasteiger partial charge in [0.15, 0.2) is 0 Å². The van der Waals surface area contributed by atoms with Crippen LogP contribution in [0.2, 0.25) is 0 Å². The lowest BCUT2D eigenvalue weighted by atomic mass is 9.98. The summed E-state index contributed by atoms with van der Waals surface area (Å²) in [5, 5.41) is 0. The van der Waals surface area contributed by atoms with E-state index < -0.39 is 10.4 Å². The van der Waals surface area contributed by atoms with Crippen LogP contribution in [-0.4, -0.2) is 17.5 Å². The van der Waals surface area contributed by atoms with Crippen molar-refractivity contribution in [1.29, 1.82) is 0 Å². The molecule has 0 fully saturated rings. The Hall–Kier alpha value is -0.170. The van der Waals surface area contributed by atoms with Gasteiger partial charge in [0.1, 0.15) is 0 Å².